The zero-order valence-corrected chi connectivity index (χ0v) is 14.0. The lowest BCUT2D eigenvalue weighted by atomic mass is 10.0. The Hall–Kier alpha value is -2.79. The first-order valence-electron chi connectivity index (χ1n) is 7.83. The smallest absolute Gasteiger partial charge is 0.131 e. The monoisotopic (exact) mass is 325 g/mol. The summed E-state index contributed by atoms with van der Waals surface area (Å²) in [6.07, 6.45) is 3.87. The van der Waals surface area contributed by atoms with E-state index in [0.717, 1.165) is 27.7 Å². The molecule has 0 heterocycles. The average Bonchev–Trinajstić information content (AvgIpc) is 2.60. The second-order valence-corrected chi connectivity index (χ2v) is 5.28. The first-order chi connectivity index (χ1) is 11.6. The Morgan fingerprint density at radius 1 is 1.25 bits per heavy atom. The van der Waals surface area contributed by atoms with Gasteiger partial charge in [0, 0.05) is 31.8 Å². The summed E-state index contributed by atoms with van der Waals surface area (Å²) in [6.45, 7) is 2.67. The Balaban J connectivity index is 2.34. The highest BCUT2D eigenvalue weighted by Gasteiger charge is 2.10. The molecule has 2 aromatic carbocycles. The quantitative estimate of drug-likeness (QED) is 0.600. The van der Waals surface area contributed by atoms with Crippen LogP contribution in [0.15, 0.2) is 65.3 Å². The van der Waals surface area contributed by atoms with Crippen LogP contribution >= 0.6 is 0 Å². The topological polar surface area (TPSA) is 71.1 Å². The molecular formula is C19H23N3O2. The lowest BCUT2D eigenvalue weighted by molar-refractivity contribution is 0.279. The van der Waals surface area contributed by atoms with Gasteiger partial charge in [0.15, 0.2) is 0 Å². The summed E-state index contributed by atoms with van der Waals surface area (Å²) < 4.78 is 5.98. The van der Waals surface area contributed by atoms with Crippen molar-refractivity contribution in [2.24, 2.45) is 10.7 Å². The van der Waals surface area contributed by atoms with Gasteiger partial charge in [-0.05, 0) is 49.0 Å². The maximum absolute atomic E-state index is 9.69. The lowest BCUT2D eigenvalue weighted by Crippen LogP contribution is -2.10. The normalized spacial score (nSPS) is 11.7. The van der Waals surface area contributed by atoms with E-state index in [1.54, 1.807) is 25.5 Å². The molecule has 24 heavy (non-hydrogen) atoms. The van der Waals surface area contributed by atoms with Gasteiger partial charge >= 0.3 is 0 Å². The molecule has 0 saturated carbocycles. The van der Waals surface area contributed by atoms with Crippen LogP contribution in [0.4, 0.5) is 5.69 Å². The molecule has 5 heteroatoms. The van der Waals surface area contributed by atoms with Gasteiger partial charge in [-0.25, -0.2) is 0 Å². The third-order valence-corrected chi connectivity index (χ3v) is 3.44. The van der Waals surface area contributed by atoms with Crippen LogP contribution in [0.1, 0.15) is 12.5 Å². The zero-order valence-electron chi connectivity index (χ0n) is 14.0. The van der Waals surface area contributed by atoms with Crippen molar-refractivity contribution < 1.29 is 9.94 Å². The Morgan fingerprint density at radius 2 is 2.00 bits per heavy atom. The van der Waals surface area contributed by atoms with Gasteiger partial charge in [0.2, 0.25) is 0 Å². The number of hydroxylamine groups is 1. The Bertz CT molecular complexity index is 710. The third-order valence-electron chi connectivity index (χ3n) is 3.44. The van der Waals surface area contributed by atoms with E-state index in [9.17, 15) is 5.21 Å². The molecule has 0 spiro atoms. The molecular weight excluding hydrogens is 302 g/mol. The fourth-order valence-electron chi connectivity index (χ4n) is 2.20. The average molecular weight is 325 g/mol. The predicted molar refractivity (Wildman–Crippen MR) is 98.2 cm³/mol. The predicted octanol–water partition coefficient (Wildman–Crippen LogP) is 3.78. The van der Waals surface area contributed by atoms with Crippen LogP contribution in [0, 0.1) is 0 Å². The van der Waals surface area contributed by atoms with E-state index < -0.39 is 0 Å². The molecule has 2 rings (SSSR count). The van der Waals surface area contributed by atoms with Crippen molar-refractivity contribution in [3.63, 3.8) is 0 Å². The minimum absolute atomic E-state index is 0.559. The van der Waals surface area contributed by atoms with Crippen molar-refractivity contribution >= 4 is 11.9 Å². The third kappa shape index (κ3) is 4.86. The van der Waals surface area contributed by atoms with E-state index >= 15 is 0 Å². The molecule has 0 aliphatic heterocycles. The molecule has 0 bridgehead atoms. The molecule has 0 radical (unpaired) electrons. The molecule has 0 aromatic heterocycles. The maximum atomic E-state index is 9.69. The molecule has 126 valence electrons. The molecule has 2 aromatic rings. The van der Waals surface area contributed by atoms with Crippen LogP contribution < -0.4 is 15.5 Å². The highest BCUT2D eigenvalue weighted by molar-refractivity contribution is 5.79. The molecule has 0 amide bonds. The number of anilines is 1. The molecule has 3 N–H and O–H groups in total. The summed E-state index contributed by atoms with van der Waals surface area (Å²) in [5.41, 5.74) is 8.18. The molecule has 0 aliphatic rings. The van der Waals surface area contributed by atoms with Gasteiger partial charge in [-0.1, -0.05) is 18.2 Å². The van der Waals surface area contributed by atoms with E-state index in [-0.39, 0.29) is 0 Å². The van der Waals surface area contributed by atoms with Crippen molar-refractivity contribution in [3.05, 3.63) is 65.9 Å². The fourth-order valence-corrected chi connectivity index (χ4v) is 2.20. The van der Waals surface area contributed by atoms with Gasteiger partial charge in [-0.3, -0.25) is 15.3 Å². The number of benzene rings is 2. The number of ether oxygens (including phenoxy) is 1. The summed E-state index contributed by atoms with van der Waals surface area (Å²) in [5.74, 6) is 1.47. The van der Waals surface area contributed by atoms with Crippen molar-refractivity contribution in [2.75, 3.05) is 18.7 Å². The summed E-state index contributed by atoms with van der Waals surface area (Å²) in [7, 11) is 1.58. The van der Waals surface area contributed by atoms with Crippen molar-refractivity contribution in [1.29, 1.82) is 0 Å². The van der Waals surface area contributed by atoms with Gasteiger partial charge in [0.1, 0.15) is 11.5 Å². The first-order valence-corrected chi connectivity index (χ1v) is 7.83. The molecule has 0 fully saturated rings. The summed E-state index contributed by atoms with van der Waals surface area (Å²) in [4.78, 5) is 4.24. The minimum atomic E-state index is 0.559. The number of para-hydroxylation sites is 1. The van der Waals surface area contributed by atoms with Crippen LogP contribution in [0.25, 0.3) is 0 Å². The number of hydrogen-bond donors (Lipinski definition) is 2. The van der Waals surface area contributed by atoms with E-state index in [2.05, 4.69) is 4.99 Å². The summed E-state index contributed by atoms with van der Waals surface area (Å²) in [5, 5.41) is 10.8. The standard InChI is InChI=1S/C19H23N3O2/c1-3-21-14-15(13-20)11-16-12-17(22(2)23)9-10-19(16)24-18-7-5-4-6-8-18/h4-10,12-14,23H,3,11,20H2,1-2H3/b15-13-,21-14?. The first kappa shape index (κ1) is 17.6. The number of nitrogens with zero attached hydrogens (tertiary/aromatic N) is 2. The molecule has 0 aliphatic carbocycles. The van der Waals surface area contributed by atoms with Gasteiger partial charge in [0.25, 0.3) is 0 Å². The lowest BCUT2D eigenvalue weighted by Gasteiger charge is -2.16. The van der Waals surface area contributed by atoms with Crippen molar-refractivity contribution in [2.45, 2.75) is 13.3 Å². The van der Waals surface area contributed by atoms with Crippen molar-refractivity contribution in [1.82, 2.24) is 0 Å². The van der Waals surface area contributed by atoms with Gasteiger partial charge < -0.3 is 10.5 Å². The summed E-state index contributed by atoms with van der Waals surface area (Å²) in [6, 6.07) is 15.1. The fraction of sp³-hybridized carbons (Fsp3) is 0.211. The minimum Gasteiger partial charge on any atom is -0.457 e. The maximum Gasteiger partial charge on any atom is 0.131 e. The number of nitrogens with two attached hydrogens (primary N) is 1. The van der Waals surface area contributed by atoms with Gasteiger partial charge in [0.05, 0.1) is 5.69 Å². The van der Waals surface area contributed by atoms with Crippen LogP contribution in [0.3, 0.4) is 0 Å². The number of allylic oxidation sites excluding steroid dienone is 1. The number of aliphatic imine (C=N–C) groups is 1. The van der Waals surface area contributed by atoms with E-state index in [0.29, 0.717) is 18.7 Å². The zero-order chi connectivity index (χ0) is 17.4. The molecule has 5 nitrogen and oxygen atoms in total. The highest BCUT2D eigenvalue weighted by Crippen LogP contribution is 2.30. The van der Waals surface area contributed by atoms with E-state index in [4.69, 9.17) is 10.5 Å². The van der Waals surface area contributed by atoms with Crippen LogP contribution in [-0.2, 0) is 6.42 Å². The van der Waals surface area contributed by atoms with Crippen LogP contribution in [0.5, 0.6) is 11.5 Å². The molecule has 0 atom stereocenters. The Labute approximate surface area is 142 Å². The van der Waals surface area contributed by atoms with Crippen molar-refractivity contribution in [3.8, 4) is 11.5 Å². The second kappa shape index (κ2) is 8.74. The Kier molecular flexibility index (Phi) is 6.40. The van der Waals surface area contributed by atoms with Crippen LogP contribution in [-0.4, -0.2) is 25.0 Å². The van der Waals surface area contributed by atoms with Crippen LogP contribution in [0.2, 0.25) is 0 Å². The second-order valence-electron chi connectivity index (χ2n) is 5.28. The number of hydrogen-bond acceptors (Lipinski definition) is 5. The molecule has 0 saturated heterocycles. The SMILES string of the molecule is CCN=C/C(=C\N)Cc1cc(N(C)O)ccc1Oc1ccccc1. The van der Waals surface area contributed by atoms with E-state index in [1.165, 1.54) is 0 Å². The summed E-state index contributed by atoms with van der Waals surface area (Å²) >= 11 is 0. The number of rotatable bonds is 7. The largest absolute Gasteiger partial charge is 0.457 e. The highest BCUT2D eigenvalue weighted by atomic mass is 16.5. The van der Waals surface area contributed by atoms with Gasteiger partial charge in [-0.2, -0.15) is 0 Å². The van der Waals surface area contributed by atoms with E-state index in [1.807, 2.05) is 49.4 Å². The molecule has 0 unspecified atom stereocenters. The van der Waals surface area contributed by atoms with Gasteiger partial charge in [-0.15, -0.1) is 0 Å². The Morgan fingerprint density at radius 3 is 2.62 bits per heavy atom.